The summed E-state index contributed by atoms with van der Waals surface area (Å²) in [5, 5.41) is 19.3. The van der Waals surface area contributed by atoms with Crippen molar-refractivity contribution in [3.8, 4) is 5.75 Å². The third kappa shape index (κ3) is 5.83. The minimum absolute atomic E-state index is 0. The summed E-state index contributed by atoms with van der Waals surface area (Å²) >= 11 is 0. The summed E-state index contributed by atoms with van der Waals surface area (Å²) in [6.45, 7) is 1.14. The summed E-state index contributed by atoms with van der Waals surface area (Å²) < 4.78 is 0. The average Bonchev–Trinajstić information content (AvgIpc) is 2.63. The monoisotopic (exact) mass is 387 g/mol. The lowest BCUT2D eigenvalue weighted by atomic mass is 9.73. The minimum Gasteiger partial charge on any atom is -0.508 e. The molecule has 0 aromatic heterocycles. The van der Waals surface area contributed by atoms with Crippen LogP contribution in [0.1, 0.15) is 41.9 Å². The van der Waals surface area contributed by atoms with Gasteiger partial charge in [-0.3, -0.25) is 0 Å². The molecule has 146 valence electrons. The molecule has 1 aliphatic carbocycles. The second-order valence-corrected chi connectivity index (χ2v) is 7.67. The molecule has 1 saturated carbocycles. The first kappa shape index (κ1) is 21.5. The number of phenols is 1. The highest BCUT2D eigenvalue weighted by Gasteiger charge is 2.29. The van der Waals surface area contributed by atoms with Gasteiger partial charge in [-0.15, -0.1) is 12.4 Å². The molecule has 3 nitrogen and oxygen atoms in total. The summed E-state index contributed by atoms with van der Waals surface area (Å²) in [5.74, 6) is 1.36. The first-order valence-electron chi connectivity index (χ1n) is 9.38. The number of aliphatic hydroxyl groups is 1. The maximum absolute atomic E-state index is 9.92. The summed E-state index contributed by atoms with van der Waals surface area (Å²) in [7, 11) is 4.26. The van der Waals surface area contributed by atoms with Gasteiger partial charge in [-0.1, -0.05) is 42.0 Å². The molecule has 0 spiro atoms. The van der Waals surface area contributed by atoms with Crippen molar-refractivity contribution < 1.29 is 10.2 Å². The van der Waals surface area contributed by atoms with E-state index in [1.54, 1.807) is 6.07 Å². The maximum Gasteiger partial charge on any atom is 0.115 e. The third-order valence-electron chi connectivity index (χ3n) is 5.29. The van der Waals surface area contributed by atoms with E-state index in [0.717, 1.165) is 36.9 Å². The molecule has 3 rings (SSSR count). The fourth-order valence-corrected chi connectivity index (χ4v) is 4.10. The lowest BCUT2D eigenvalue weighted by Gasteiger charge is -2.35. The number of hydrogen-bond acceptors (Lipinski definition) is 3. The molecule has 2 N–H and O–H groups in total. The lowest BCUT2D eigenvalue weighted by Crippen LogP contribution is -2.29. The van der Waals surface area contributed by atoms with Crippen LogP contribution >= 0.6 is 12.4 Å². The molecule has 2 aromatic rings. The fourth-order valence-electron chi connectivity index (χ4n) is 4.10. The van der Waals surface area contributed by atoms with Crippen molar-refractivity contribution in [1.82, 2.24) is 4.90 Å². The van der Waals surface area contributed by atoms with E-state index in [1.807, 2.05) is 24.3 Å². The summed E-state index contributed by atoms with van der Waals surface area (Å²) in [6, 6.07) is 15.9. The Morgan fingerprint density at radius 3 is 2.59 bits per heavy atom. The van der Waals surface area contributed by atoms with Gasteiger partial charge in [0.1, 0.15) is 5.75 Å². The topological polar surface area (TPSA) is 43.7 Å². The van der Waals surface area contributed by atoms with Crippen molar-refractivity contribution in [3.63, 3.8) is 0 Å². The second-order valence-electron chi connectivity index (χ2n) is 7.67. The van der Waals surface area contributed by atoms with Gasteiger partial charge in [-0.25, -0.2) is 0 Å². The van der Waals surface area contributed by atoms with E-state index in [0.29, 0.717) is 17.6 Å². The highest BCUT2D eigenvalue weighted by Crippen LogP contribution is 2.42. The Hall–Kier alpha value is -1.81. The van der Waals surface area contributed by atoms with Crippen LogP contribution < -0.4 is 0 Å². The molecule has 0 saturated heterocycles. The molecular formula is C23H30ClNO2. The van der Waals surface area contributed by atoms with Gasteiger partial charge in [0.15, 0.2) is 0 Å². The van der Waals surface area contributed by atoms with Crippen LogP contribution in [0, 0.1) is 5.92 Å². The van der Waals surface area contributed by atoms with Gasteiger partial charge < -0.3 is 15.1 Å². The lowest BCUT2D eigenvalue weighted by molar-refractivity contribution is 0.256. The average molecular weight is 388 g/mol. The van der Waals surface area contributed by atoms with Crippen LogP contribution in [0.4, 0.5) is 0 Å². The number of nitrogens with zero attached hydrogens (tertiary/aromatic N) is 1. The van der Waals surface area contributed by atoms with Crippen molar-refractivity contribution in [3.05, 3.63) is 70.8 Å². The van der Waals surface area contributed by atoms with Crippen LogP contribution in [0.2, 0.25) is 0 Å². The number of rotatable bonds is 5. The number of hydrogen-bond donors (Lipinski definition) is 2. The van der Waals surface area contributed by atoms with Crippen LogP contribution in [0.3, 0.4) is 0 Å². The van der Waals surface area contributed by atoms with E-state index in [2.05, 4.69) is 43.3 Å². The Morgan fingerprint density at radius 2 is 1.89 bits per heavy atom. The quantitative estimate of drug-likeness (QED) is 0.771. The van der Waals surface area contributed by atoms with Gasteiger partial charge in [-0.05, 0) is 80.1 Å². The van der Waals surface area contributed by atoms with Gasteiger partial charge in [0.2, 0.25) is 0 Å². The normalized spacial score (nSPS) is 21.3. The molecule has 2 aromatic carbocycles. The van der Waals surface area contributed by atoms with Crippen molar-refractivity contribution in [1.29, 1.82) is 0 Å². The van der Waals surface area contributed by atoms with Crippen LogP contribution in [-0.4, -0.2) is 35.8 Å². The van der Waals surface area contributed by atoms with Crippen LogP contribution in [0.25, 0.3) is 6.08 Å². The summed E-state index contributed by atoms with van der Waals surface area (Å²) in [4.78, 5) is 2.26. The number of phenolic OH excluding ortho intramolecular Hbond substituents is 1. The minimum atomic E-state index is 0. The van der Waals surface area contributed by atoms with E-state index in [-0.39, 0.29) is 19.0 Å². The molecule has 27 heavy (non-hydrogen) atoms. The van der Waals surface area contributed by atoms with E-state index in [9.17, 15) is 10.2 Å². The second kappa shape index (κ2) is 9.93. The first-order valence-corrected chi connectivity index (χ1v) is 9.38. The van der Waals surface area contributed by atoms with Crippen LogP contribution in [0.15, 0.2) is 54.1 Å². The zero-order valence-corrected chi connectivity index (χ0v) is 17.0. The number of aliphatic hydroxyl groups excluding tert-OH is 1. The van der Waals surface area contributed by atoms with Crippen molar-refractivity contribution in [2.45, 2.75) is 31.8 Å². The zero-order chi connectivity index (χ0) is 18.5. The van der Waals surface area contributed by atoms with Crippen LogP contribution in [-0.2, 0) is 6.61 Å². The predicted molar refractivity (Wildman–Crippen MR) is 114 cm³/mol. The molecule has 4 heteroatoms. The molecule has 0 amide bonds. The number of halogens is 1. The Balaban J connectivity index is 0.00000261. The van der Waals surface area contributed by atoms with E-state index < -0.39 is 0 Å². The maximum atomic E-state index is 9.92. The van der Waals surface area contributed by atoms with Crippen molar-refractivity contribution in [2.75, 3.05) is 20.6 Å². The molecule has 0 bridgehead atoms. The highest BCUT2D eigenvalue weighted by atomic mass is 35.5. The largest absolute Gasteiger partial charge is 0.508 e. The molecular weight excluding hydrogens is 358 g/mol. The Bertz CT molecular complexity index is 772. The molecule has 0 radical (unpaired) electrons. The molecule has 1 fully saturated rings. The van der Waals surface area contributed by atoms with Gasteiger partial charge in [0.25, 0.3) is 0 Å². The first-order chi connectivity index (χ1) is 12.5. The van der Waals surface area contributed by atoms with E-state index in [1.165, 1.54) is 11.1 Å². The molecule has 0 heterocycles. The summed E-state index contributed by atoms with van der Waals surface area (Å²) in [6.07, 6.45) is 5.56. The number of aromatic hydroxyl groups is 1. The Labute approximate surface area is 168 Å². The zero-order valence-electron chi connectivity index (χ0n) is 16.1. The van der Waals surface area contributed by atoms with Crippen LogP contribution in [0.5, 0.6) is 5.75 Å². The van der Waals surface area contributed by atoms with Gasteiger partial charge >= 0.3 is 0 Å². The van der Waals surface area contributed by atoms with Crippen molar-refractivity contribution in [2.24, 2.45) is 5.92 Å². The third-order valence-corrected chi connectivity index (χ3v) is 5.29. The Morgan fingerprint density at radius 1 is 1.11 bits per heavy atom. The molecule has 1 aliphatic rings. The SMILES string of the molecule is CN(C)CC1CCC(=Cc2cccc(CO)c2)CC1c1cccc(O)c1.Cl. The van der Waals surface area contributed by atoms with Gasteiger partial charge in [0.05, 0.1) is 6.61 Å². The van der Waals surface area contributed by atoms with Gasteiger partial charge in [0, 0.05) is 6.54 Å². The van der Waals surface area contributed by atoms with E-state index >= 15 is 0 Å². The van der Waals surface area contributed by atoms with Gasteiger partial charge in [-0.2, -0.15) is 0 Å². The highest BCUT2D eigenvalue weighted by molar-refractivity contribution is 5.85. The number of benzene rings is 2. The smallest absolute Gasteiger partial charge is 0.115 e. The standard InChI is InChI=1S/C23H29NO2.ClH/c1-24(2)15-21-10-9-18(11-17-5-3-6-19(12-17)16-25)13-23(21)20-7-4-8-22(26)14-20;/h3-8,11-12,14,21,23,25-26H,9-10,13,15-16H2,1-2H3;1H. The molecule has 2 atom stereocenters. The Kier molecular flexibility index (Phi) is 7.91. The summed E-state index contributed by atoms with van der Waals surface area (Å²) in [5.41, 5.74) is 4.78. The molecule has 0 aliphatic heterocycles. The van der Waals surface area contributed by atoms with Crippen molar-refractivity contribution >= 4 is 18.5 Å². The number of allylic oxidation sites excluding steroid dienone is 1. The fraction of sp³-hybridized carbons (Fsp3) is 0.391. The predicted octanol–water partition coefficient (Wildman–Crippen LogP) is 4.84. The van der Waals surface area contributed by atoms with E-state index in [4.69, 9.17) is 0 Å². The molecule has 2 unspecified atom stereocenters.